The van der Waals surface area contributed by atoms with Gasteiger partial charge >= 0.3 is 0 Å². The Hall–Kier alpha value is -0.0800. The topological polar surface area (TPSA) is 29.3 Å². The monoisotopic (exact) mass is 240 g/mol. The average molecular weight is 240 g/mol. The third-order valence-electron chi connectivity index (χ3n) is 3.44. The van der Waals surface area contributed by atoms with Gasteiger partial charge in [0.1, 0.15) is 0 Å². The number of rotatable bonds is 8. The summed E-state index contributed by atoms with van der Waals surface area (Å²) in [6.07, 6.45) is 6.46. The highest BCUT2D eigenvalue weighted by Crippen LogP contribution is 2.30. The Bertz CT molecular complexity index is 203. The highest BCUT2D eigenvalue weighted by atomic mass is 15.1. The first-order valence-corrected chi connectivity index (χ1v) is 7.38. The molecule has 2 heteroatoms. The maximum atomic E-state index is 6.22. The molecule has 0 heterocycles. The van der Waals surface area contributed by atoms with E-state index in [0.717, 1.165) is 18.8 Å². The largest absolute Gasteiger partial charge is 0.328 e. The Labute approximate surface area is 108 Å². The molecular weight excluding hydrogens is 208 g/mol. The molecule has 1 saturated carbocycles. The summed E-state index contributed by atoms with van der Waals surface area (Å²) >= 11 is 0. The molecule has 2 nitrogen and oxygen atoms in total. The summed E-state index contributed by atoms with van der Waals surface area (Å²) in [6.45, 7) is 12.9. The molecule has 17 heavy (non-hydrogen) atoms. The van der Waals surface area contributed by atoms with Crippen molar-refractivity contribution in [2.75, 3.05) is 19.6 Å². The fraction of sp³-hybridized carbons (Fsp3) is 1.00. The molecule has 102 valence electrons. The van der Waals surface area contributed by atoms with Crippen LogP contribution < -0.4 is 5.73 Å². The second-order valence-electron chi connectivity index (χ2n) is 7.06. The average Bonchev–Trinajstić information content (AvgIpc) is 2.95. The molecular formula is C15H32N2. The van der Waals surface area contributed by atoms with Crippen LogP contribution in [0.15, 0.2) is 0 Å². The van der Waals surface area contributed by atoms with Crippen molar-refractivity contribution in [3.05, 3.63) is 0 Å². The van der Waals surface area contributed by atoms with Gasteiger partial charge in [0.25, 0.3) is 0 Å². The van der Waals surface area contributed by atoms with Crippen molar-refractivity contribution in [1.82, 2.24) is 4.90 Å². The van der Waals surface area contributed by atoms with Gasteiger partial charge in [-0.2, -0.15) is 0 Å². The molecule has 0 aromatic heterocycles. The molecule has 1 aliphatic carbocycles. The van der Waals surface area contributed by atoms with Gasteiger partial charge in [0.15, 0.2) is 0 Å². The third kappa shape index (κ3) is 7.77. The van der Waals surface area contributed by atoms with E-state index in [1.54, 1.807) is 0 Å². The summed E-state index contributed by atoms with van der Waals surface area (Å²) < 4.78 is 0. The van der Waals surface area contributed by atoms with Gasteiger partial charge in [0, 0.05) is 12.6 Å². The van der Waals surface area contributed by atoms with E-state index in [2.05, 4.69) is 32.6 Å². The Morgan fingerprint density at radius 3 is 2.35 bits per heavy atom. The predicted octanol–water partition coefficient (Wildman–Crippen LogP) is 3.26. The molecule has 0 bridgehead atoms. The first-order chi connectivity index (χ1) is 7.90. The molecule has 1 atom stereocenters. The Morgan fingerprint density at radius 1 is 1.24 bits per heavy atom. The third-order valence-corrected chi connectivity index (χ3v) is 3.44. The summed E-state index contributed by atoms with van der Waals surface area (Å²) in [7, 11) is 0. The van der Waals surface area contributed by atoms with Crippen LogP contribution >= 0.6 is 0 Å². The van der Waals surface area contributed by atoms with Crippen molar-refractivity contribution in [1.29, 1.82) is 0 Å². The van der Waals surface area contributed by atoms with E-state index >= 15 is 0 Å². The first kappa shape index (κ1) is 15.0. The molecule has 0 amide bonds. The fourth-order valence-electron chi connectivity index (χ4n) is 2.51. The van der Waals surface area contributed by atoms with E-state index in [4.69, 9.17) is 5.73 Å². The molecule has 0 spiro atoms. The van der Waals surface area contributed by atoms with Crippen molar-refractivity contribution in [3.8, 4) is 0 Å². The van der Waals surface area contributed by atoms with Crippen LogP contribution in [0, 0.1) is 11.3 Å². The number of hydrogen-bond donors (Lipinski definition) is 1. The quantitative estimate of drug-likeness (QED) is 0.705. The van der Waals surface area contributed by atoms with Crippen LogP contribution in [0.2, 0.25) is 0 Å². The van der Waals surface area contributed by atoms with E-state index in [-0.39, 0.29) is 0 Å². The lowest BCUT2D eigenvalue weighted by Gasteiger charge is -2.26. The lowest BCUT2D eigenvalue weighted by molar-refractivity contribution is 0.239. The molecule has 0 saturated heterocycles. The minimum absolute atomic E-state index is 0.367. The SMILES string of the molecule is CCCN(CCC(N)CC(C)(C)C)CC1CC1. The zero-order valence-corrected chi connectivity index (χ0v) is 12.3. The molecule has 2 N–H and O–H groups in total. The maximum Gasteiger partial charge on any atom is 0.00559 e. The van der Waals surface area contributed by atoms with Crippen LogP contribution in [-0.4, -0.2) is 30.6 Å². The Morgan fingerprint density at radius 2 is 1.88 bits per heavy atom. The van der Waals surface area contributed by atoms with Gasteiger partial charge in [0.2, 0.25) is 0 Å². The van der Waals surface area contributed by atoms with Crippen molar-refractivity contribution < 1.29 is 0 Å². The molecule has 1 unspecified atom stereocenters. The standard InChI is InChI=1S/C15H32N2/c1-5-9-17(12-13-6-7-13)10-8-14(16)11-15(2,3)4/h13-14H,5-12,16H2,1-4H3. The summed E-state index contributed by atoms with van der Waals surface area (Å²) in [5.74, 6) is 1.00. The molecule has 1 aliphatic rings. The first-order valence-electron chi connectivity index (χ1n) is 7.38. The summed E-state index contributed by atoms with van der Waals surface area (Å²) in [6, 6.07) is 0.369. The van der Waals surface area contributed by atoms with Crippen LogP contribution in [0.4, 0.5) is 0 Å². The zero-order chi connectivity index (χ0) is 12.9. The molecule has 0 aromatic carbocycles. The van der Waals surface area contributed by atoms with Crippen molar-refractivity contribution in [2.24, 2.45) is 17.1 Å². The molecule has 0 aliphatic heterocycles. The minimum Gasteiger partial charge on any atom is -0.328 e. The summed E-state index contributed by atoms with van der Waals surface area (Å²) in [5.41, 5.74) is 6.59. The van der Waals surface area contributed by atoms with Gasteiger partial charge < -0.3 is 10.6 Å². The highest BCUT2D eigenvalue weighted by Gasteiger charge is 2.24. The van der Waals surface area contributed by atoms with Crippen LogP contribution in [0.3, 0.4) is 0 Å². The number of nitrogens with zero attached hydrogens (tertiary/aromatic N) is 1. The second kappa shape index (κ2) is 6.75. The van der Waals surface area contributed by atoms with Gasteiger partial charge in [-0.1, -0.05) is 27.7 Å². The molecule has 0 aromatic rings. The van der Waals surface area contributed by atoms with Gasteiger partial charge in [-0.15, -0.1) is 0 Å². The van der Waals surface area contributed by atoms with Crippen LogP contribution in [0.1, 0.15) is 59.8 Å². The predicted molar refractivity (Wildman–Crippen MR) is 76.1 cm³/mol. The lowest BCUT2D eigenvalue weighted by atomic mass is 9.87. The van der Waals surface area contributed by atoms with Crippen molar-refractivity contribution in [2.45, 2.75) is 65.8 Å². The molecule has 1 fully saturated rings. The lowest BCUT2D eigenvalue weighted by Crippen LogP contribution is -2.34. The van der Waals surface area contributed by atoms with Gasteiger partial charge in [-0.05, 0) is 56.5 Å². The highest BCUT2D eigenvalue weighted by molar-refractivity contribution is 4.79. The summed E-state index contributed by atoms with van der Waals surface area (Å²) in [5, 5.41) is 0. The molecule has 1 rings (SSSR count). The molecule has 0 radical (unpaired) electrons. The van der Waals surface area contributed by atoms with Gasteiger partial charge in [-0.3, -0.25) is 0 Å². The fourth-order valence-corrected chi connectivity index (χ4v) is 2.51. The normalized spacial score (nSPS) is 18.7. The maximum absolute atomic E-state index is 6.22. The van der Waals surface area contributed by atoms with E-state index in [9.17, 15) is 0 Å². The van der Waals surface area contributed by atoms with Crippen molar-refractivity contribution >= 4 is 0 Å². The number of hydrogen-bond acceptors (Lipinski definition) is 2. The van der Waals surface area contributed by atoms with Gasteiger partial charge in [-0.25, -0.2) is 0 Å². The smallest absolute Gasteiger partial charge is 0.00559 e. The zero-order valence-electron chi connectivity index (χ0n) is 12.3. The Kier molecular flexibility index (Phi) is 5.94. The second-order valence-corrected chi connectivity index (χ2v) is 7.06. The van der Waals surface area contributed by atoms with E-state index in [0.29, 0.717) is 11.5 Å². The van der Waals surface area contributed by atoms with Crippen LogP contribution in [0.5, 0.6) is 0 Å². The van der Waals surface area contributed by atoms with E-state index in [1.807, 2.05) is 0 Å². The minimum atomic E-state index is 0.367. The summed E-state index contributed by atoms with van der Waals surface area (Å²) in [4.78, 5) is 2.63. The van der Waals surface area contributed by atoms with Crippen molar-refractivity contribution in [3.63, 3.8) is 0 Å². The van der Waals surface area contributed by atoms with Gasteiger partial charge in [0.05, 0.1) is 0 Å². The van der Waals surface area contributed by atoms with E-state index in [1.165, 1.54) is 38.9 Å². The van der Waals surface area contributed by atoms with E-state index < -0.39 is 0 Å². The Balaban J connectivity index is 2.19. The number of nitrogens with two attached hydrogens (primary N) is 1. The van der Waals surface area contributed by atoms with Crippen LogP contribution in [0.25, 0.3) is 0 Å². The van der Waals surface area contributed by atoms with Crippen LogP contribution in [-0.2, 0) is 0 Å².